The van der Waals surface area contributed by atoms with E-state index in [0.29, 0.717) is 5.75 Å². The molecule has 0 spiro atoms. The Morgan fingerprint density at radius 3 is 2.37 bits per heavy atom. The van der Waals surface area contributed by atoms with Gasteiger partial charge in [-0.2, -0.15) is 8.42 Å². The van der Waals surface area contributed by atoms with Crippen molar-refractivity contribution in [2.75, 3.05) is 0 Å². The number of unbranched alkanes of at least 4 members (excludes halogenated alkanes) is 5. The van der Waals surface area contributed by atoms with Crippen LogP contribution in [-0.2, 0) is 16.5 Å². The Kier molecular flexibility index (Phi) is 10.4. The van der Waals surface area contributed by atoms with Gasteiger partial charge in [-0.05, 0) is 42.7 Å². The van der Waals surface area contributed by atoms with E-state index in [0.717, 1.165) is 30.5 Å². The molecule has 7 heteroatoms. The van der Waals surface area contributed by atoms with Crippen molar-refractivity contribution in [2.45, 2.75) is 56.8 Å². The number of benzene rings is 2. The molecule has 0 fully saturated rings. The first kappa shape index (κ1) is 24.0. The molecule has 1 N–H and O–H groups in total. The molecule has 0 aliphatic carbocycles. The van der Waals surface area contributed by atoms with Gasteiger partial charge in [-0.25, -0.2) is 0 Å². The van der Waals surface area contributed by atoms with E-state index in [2.05, 4.69) is 6.92 Å². The predicted octanol–water partition coefficient (Wildman–Crippen LogP) is 1.71. The Morgan fingerprint density at radius 1 is 0.963 bits per heavy atom. The van der Waals surface area contributed by atoms with Gasteiger partial charge in [0.25, 0.3) is 10.1 Å². The van der Waals surface area contributed by atoms with Crippen LogP contribution in [0.1, 0.15) is 51.0 Å². The molecule has 0 aromatic heterocycles. The standard InChI is InChI=1S/C20H26O5S.Na/c1-2-3-4-5-6-7-9-16-10-8-11-18(12-16)25-19-13-17(21)14-20(15-19)26(22,23)24;/h8,10-15,21H,2-7,9H2,1H3,(H,22,23,24);/q;+1/p-1. The van der Waals surface area contributed by atoms with Crippen molar-refractivity contribution >= 4 is 10.1 Å². The molecule has 2 rings (SSSR count). The SMILES string of the molecule is CCCCCCCCc1cccc(Oc2cc([O-])cc(S(=O)(=O)O)c2)c1.[Na+]. The second kappa shape index (κ2) is 11.7. The van der Waals surface area contributed by atoms with Crippen LogP contribution in [0.5, 0.6) is 17.2 Å². The molecule has 0 bridgehead atoms. The monoisotopic (exact) mass is 400 g/mol. The Morgan fingerprint density at radius 2 is 1.67 bits per heavy atom. The molecule has 2 aromatic carbocycles. The topological polar surface area (TPSA) is 86.7 Å². The van der Waals surface area contributed by atoms with Gasteiger partial charge in [-0.15, -0.1) is 5.75 Å². The zero-order valence-electron chi connectivity index (χ0n) is 16.0. The van der Waals surface area contributed by atoms with Crippen molar-refractivity contribution in [3.8, 4) is 17.2 Å². The fourth-order valence-corrected chi connectivity index (χ4v) is 3.29. The number of hydrogen-bond donors (Lipinski definition) is 1. The fourth-order valence-electron chi connectivity index (χ4n) is 2.76. The molecule has 0 amide bonds. The minimum atomic E-state index is -4.45. The first-order valence-electron chi connectivity index (χ1n) is 8.95. The number of hydrogen-bond acceptors (Lipinski definition) is 4. The average Bonchev–Trinajstić information content (AvgIpc) is 2.57. The summed E-state index contributed by atoms with van der Waals surface area (Å²) in [4.78, 5) is -0.469. The van der Waals surface area contributed by atoms with Crippen LogP contribution in [0.25, 0.3) is 0 Å². The van der Waals surface area contributed by atoms with Crippen LogP contribution in [0.3, 0.4) is 0 Å². The molecular formula is C20H25NaO5S. The van der Waals surface area contributed by atoms with Gasteiger partial charge in [0.15, 0.2) is 0 Å². The average molecular weight is 400 g/mol. The molecule has 0 saturated heterocycles. The van der Waals surface area contributed by atoms with Gasteiger partial charge < -0.3 is 9.84 Å². The van der Waals surface area contributed by atoms with E-state index in [1.54, 1.807) is 6.07 Å². The summed E-state index contributed by atoms with van der Waals surface area (Å²) in [6, 6.07) is 10.7. The Balaban J connectivity index is 0.00000364. The minimum Gasteiger partial charge on any atom is -0.872 e. The fraction of sp³-hybridized carbons (Fsp3) is 0.400. The molecule has 0 unspecified atom stereocenters. The van der Waals surface area contributed by atoms with Gasteiger partial charge in [0.05, 0.1) is 4.90 Å². The molecule has 142 valence electrons. The van der Waals surface area contributed by atoms with Crippen LogP contribution in [0.2, 0.25) is 0 Å². The third-order valence-corrected chi connectivity index (χ3v) is 4.94. The molecule has 2 aromatic rings. The Hall–Kier alpha value is -1.05. The van der Waals surface area contributed by atoms with Gasteiger partial charge in [-0.3, -0.25) is 4.55 Å². The third kappa shape index (κ3) is 8.66. The molecule has 0 saturated carbocycles. The summed E-state index contributed by atoms with van der Waals surface area (Å²) in [6.07, 6.45) is 8.30. The summed E-state index contributed by atoms with van der Waals surface area (Å²) in [5.41, 5.74) is 1.13. The Labute approximate surface area is 183 Å². The van der Waals surface area contributed by atoms with Crippen LogP contribution < -0.4 is 39.4 Å². The van der Waals surface area contributed by atoms with Gasteiger partial charge in [0.2, 0.25) is 0 Å². The maximum atomic E-state index is 11.6. The van der Waals surface area contributed by atoms with Gasteiger partial charge in [0, 0.05) is 6.07 Å². The van der Waals surface area contributed by atoms with Gasteiger partial charge >= 0.3 is 29.6 Å². The largest absolute Gasteiger partial charge is 1.00 e. The molecular weight excluding hydrogens is 375 g/mol. The third-order valence-electron chi connectivity index (χ3n) is 4.10. The second-order valence-corrected chi connectivity index (χ2v) is 7.80. The molecule has 0 aliphatic rings. The summed E-state index contributed by atoms with van der Waals surface area (Å²) in [7, 11) is -4.45. The molecule has 0 heterocycles. The first-order chi connectivity index (χ1) is 12.4. The Bertz CT molecular complexity index is 821. The van der Waals surface area contributed by atoms with Crippen LogP contribution in [-0.4, -0.2) is 13.0 Å². The zero-order valence-corrected chi connectivity index (χ0v) is 18.8. The maximum Gasteiger partial charge on any atom is 1.00 e. The summed E-state index contributed by atoms with van der Waals surface area (Å²) in [6.45, 7) is 2.20. The van der Waals surface area contributed by atoms with E-state index in [4.69, 9.17) is 9.29 Å². The molecule has 0 radical (unpaired) electrons. The quantitative estimate of drug-likeness (QED) is 0.373. The number of aryl methyl sites for hydroxylation is 1. The minimum absolute atomic E-state index is 0. The van der Waals surface area contributed by atoms with E-state index in [-0.39, 0.29) is 35.3 Å². The van der Waals surface area contributed by atoms with E-state index in [1.807, 2.05) is 18.2 Å². The number of ether oxygens (including phenoxy) is 1. The summed E-state index contributed by atoms with van der Waals surface area (Å²) < 4.78 is 37.2. The van der Waals surface area contributed by atoms with Crippen LogP contribution in [0.15, 0.2) is 47.4 Å². The van der Waals surface area contributed by atoms with Crippen molar-refractivity contribution in [1.82, 2.24) is 0 Å². The van der Waals surface area contributed by atoms with Crippen molar-refractivity contribution in [1.29, 1.82) is 0 Å². The van der Waals surface area contributed by atoms with Crippen LogP contribution >= 0.6 is 0 Å². The van der Waals surface area contributed by atoms with Crippen LogP contribution in [0, 0.1) is 0 Å². The number of rotatable bonds is 10. The van der Waals surface area contributed by atoms with E-state index >= 15 is 0 Å². The van der Waals surface area contributed by atoms with Crippen LogP contribution in [0.4, 0.5) is 0 Å². The molecule has 0 aliphatic heterocycles. The van der Waals surface area contributed by atoms with E-state index in [1.165, 1.54) is 38.2 Å². The van der Waals surface area contributed by atoms with Crippen molar-refractivity contribution in [3.63, 3.8) is 0 Å². The van der Waals surface area contributed by atoms with E-state index < -0.39 is 20.8 Å². The second-order valence-electron chi connectivity index (χ2n) is 6.38. The smallest absolute Gasteiger partial charge is 0.872 e. The van der Waals surface area contributed by atoms with Crippen molar-refractivity contribution in [3.05, 3.63) is 48.0 Å². The first-order valence-corrected chi connectivity index (χ1v) is 10.4. The molecule has 5 nitrogen and oxygen atoms in total. The predicted molar refractivity (Wildman–Crippen MR) is 99.3 cm³/mol. The summed E-state index contributed by atoms with van der Waals surface area (Å²) in [5.74, 6) is 0.0700. The normalized spacial score (nSPS) is 11.0. The molecule has 0 atom stereocenters. The summed E-state index contributed by atoms with van der Waals surface area (Å²) >= 11 is 0. The zero-order chi connectivity index (χ0) is 19.0. The van der Waals surface area contributed by atoms with Crippen molar-refractivity contribution < 1.29 is 52.4 Å². The maximum absolute atomic E-state index is 11.6. The molecule has 27 heavy (non-hydrogen) atoms. The van der Waals surface area contributed by atoms with Gasteiger partial charge in [0.1, 0.15) is 11.5 Å². The summed E-state index contributed by atoms with van der Waals surface area (Å²) in [5, 5.41) is 11.6. The van der Waals surface area contributed by atoms with Gasteiger partial charge in [-0.1, -0.05) is 51.2 Å². The van der Waals surface area contributed by atoms with E-state index in [9.17, 15) is 13.5 Å². The van der Waals surface area contributed by atoms with Crippen molar-refractivity contribution in [2.24, 2.45) is 0 Å².